The van der Waals surface area contributed by atoms with Crippen LogP contribution in [0.2, 0.25) is 0 Å². The molecule has 0 N–H and O–H groups in total. The fraction of sp³-hybridized carbons (Fsp3) is 0. The highest BCUT2D eigenvalue weighted by atomic mass is 32.1. The molecule has 0 aliphatic carbocycles. The first-order valence-electron chi connectivity index (χ1n) is 18.9. The maximum absolute atomic E-state index is 6.84. The Morgan fingerprint density at radius 1 is 0.351 bits per heavy atom. The summed E-state index contributed by atoms with van der Waals surface area (Å²) in [6.45, 7) is 0. The summed E-state index contributed by atoms with van der Waals surface area (Å²) in [5, 5.41) is 6.73. The number of furan rings is 2. The lowest BCUT2D eigenvalue weighted by molar-refractivity contribution is 0.669. The second-order valence-corrected chi connectivity index (χ2v) is 15.3. The molecule has 0 fully saturated rings. The van der Waals surface area contributed by atoms with Crippen molar-refractivity contribution >= 4 is 75.4 Å². The molecule has 57 heavy (non-hydrogen) atoms. The molecule has 12 aromatic rings. The largest absolute Gasteiger partial charge is 0.456 e. The zero-order valence-electron chi connectivity index (χ0n) is 30.3. The van der Waals surface area contributed by atoms with E-state index >= 15 is 0 Å². The number of thiophene rings is 1. The van der Waals surface area contributed by atoms with Gasteiger partial charge in [0.2, 0.25) is 0 Å². The summed E-state index contributed by atoms with van der Waals surface area (Å²) < 4.78 is 15.3. The van der Waals surface area contributed by atoms with Crippen LogP contribution in [0.1, 0.15) is 0 Å². The molecule has 0 aliphatic rings. The summed E-state index contributed by atoms with van der Waals surface area (Å²) in [4.78, 5) is 15.1. The van der Waals surface area contributed by atoms with E-state index in [1.807, 2.05) is 78.9 Å². The molecule has 0 atom stereocenters. The Labute approximate surface area is 330 Å². The molecule has 0 radical (unpaired) electrons. The molecule has 0 unspecified atom stereocenters. The molecule has 0 saturated carbocycles. The van der Waals surface area contributed by atoms with Crippen molar-refractivity contribution in [3.63, 3.8) is 0 Å². The number of benzene rings is 8. The molecular formula is C51H29N3O2S. The van der Waals surface area contributed by atoms with E-state index in [0.29, 0.717) is 17.5 Å². The van der Waals surface area contributed by atoms with Crippen LogP contribution < -0.4 is 0 Å². The van der Waals surface area contributed by atoms with Crippen molar-refractivity contribution in [1.82, 2.24) is 15.0 Å². The highest BCUT2D eigenvalue weighted by Crippen LogP contribution is 2.48. The van der Waals surface area contributed by atoms with E-state index in [1.165, 1.54) is 10.1 Å². The second-order valence-electron chi connectivity index (χ2n) is 14.3. The van der Waals surface area contributed by atoms with E-state index in [9.17, 15) is 0 Å². The van der Waals surface area contributed by atoms with Crippen LogP contribution >= 0.6 is 11.3 Å². The minimum atomic E-state index is 0.644. The molecule has 0 spiro atoms. The molecule has 0 amide bonds. The van der Waals surface area contributed by atoms with Gasteiger partial charge in [-0.2, -0.15) is 0 Å². The molecule has 6 heteroatoms. The third kappa shape index (κ3) is 5.04. The van der Waals surface area contributed by atoms with Gasteiger partial charge >= 0.3 is 0 Å². The third-order valence-corrected chi connectivity index (χ3v) is 12.2. The van der Waals surface area contributed by atoms with Crippen molar-refractivity contribution in [2.45, 2.75) is 0 Å². The van der Waals surface area contributed by atoms with Crippen LogP contribution in [0.3, 0.4) is 0 Å². The van der Waals surface area contributed by atoms with Crippen LogP contribution in [-0.4, -0.2) is 15.0 Å². The second kappa shape index (κ2) is 12.6. The molecule has 0 bridgehead atoms. The van der Waals surface area contributed by atoms with Crippen LogP contribution in [0.4, 0.5) is 0 Å². The quantitative estimate of drug-likeness (QED) is 0.175. The number of rotatable bonds is 5. The molecule has 5 nitrogen and oxygen atoms in total. The summed E-state index contributed by atoms with van der Waals surface area (Å²) in [5.74, 6) is 1.93. The Morgan fingerprint density at radius 2 is 0.947 bits per heavy atom. The van der Waals surface area contributed by atoms with E-state index in [1.54, 1.807) is 11.3 Å². The molecule has 0 aliphatic heterocycles. The van der Waals surface area contributed by atoms with Crippen molar-refractivity contribution in [2.24, 2.45) is 0 Å². The first-order chi connectivity index (χ1) is 28.2. The van der Waals surface area contributed by atoms with Crippen molar-refractivity contribution in [1.29, 1.82) is 0 Å². The molecule has 0 saturated heterocycles. The van der Waals surface area contributed by atoms with Gasteiger partial charge in [-0.25, -0.2) is 15.0 Å². The summed E-state index contributed by atoms with van der Waals surface area (Å²) >= 11 is 1.77. The lowest BCUT2D eigenvalue weighted by Gasteiger charge is -2.10. The average Bonchev–Trinajstić information content (AvgIpc) is 3.98. The first-order valence-corrected chi connectivity index (χ1v) is 19.7. The SMILES string of the molecule is c1ccc(-c2nc(-c3ccccc3)nc(-c3cccc4c3sc3cccc(-c5ccc(-c6ccc7oc8ccccc8c7c6)c6c5oc5ccccc56)c34)n2)cc1. The fourth-order valence-corrected chi connectivity index (χ4v) is 9.59. The lowest BCUT2D eigenvalue weighted by Crippen LogP contribution is -2.00. The number of fused-ring (bicyclic) bond motifs is 9. The van der Waals surface area contributed by atoms with E-state index in [2.05, 4.69) is 97.1 Å². The predicted octanol–water partition coefficient (Wildman–Crippen LogP) is 14.4. The van der Waals surface area contributed by atoms with Gasteiger partial charge in [-0.05, 0) is 59.2 Å². The Balaban J connectivity index is 1.07. The topological polar surface area (TPSA) is 65.0 Å². The lowest BCUT2D eigenvalue weighted by atomic mass is 9.92. The van der Waals surface area contributed by atoms with Crippen molar-refractivity contribution in [3.8, 4) is 56.4 Å². The zero-order chi connectivity index (χ0) is 37.5. The van der Waals surface area contributed by atoms with Gasteiger partial charge in [-0.1, -0.05) is 133 Å². The van der Waals surface area contributed by atoms with Crippen LogP contribution in [-0.2, 0) is 0 Å². The Morgan fingerprint density at radius 3 is 1.72 bits per heavy atom. The molecule has 4 aromatic heterocycles. The number of nitrogens with zero attached hydrogens (tertiary/aromatic N) is 3. The van der Waals surface area contributed by atoms with E-state index in [-0.39, 0.29) is 0 Å². The fourth-order valence-electron chi connectivity index (χ4n) is 8.35. The third-order valence-electron chi connectivity index (χ3n) is 11.0. The highest BCUT2D eigenvalue weighted by Gasteiger charge is 2.22. The van der Waals surface area contributed by atoms with Gasteiger partial charge in [0.05, 0.1) is 0 Å². The van der Waals surface area contributed by atoms with Crippen LogP contribution in [0.15, 0.2) is 185 Å². The number of hydrogen-bond donors (Lipinski definition) is 0. The van der Waals surface area contributed by atoms with Crippen LogP contribution in [0.25, 0.3) is 120 Å². The number of aromatic nitrogens is 3. The Hall–Kier alpha value is -7.41. The summed E-state index contributed by atoms with van der Waals surface area (Å²) in [7, 11) is 0. The van der Waals surface area contributed by atoms with E-state index < -0.39 is 0 Å². The smallest absolute Gasteiger partial charge is 0.165 e. The van der Waals surface area contributed by atoms with Crippen LogP contribution in [0, 0.1) is 0 Å². The molecule has 8 aromatic carbocycles. The molecule has 12 rings (SSSR count). The van der Waals surface area contributed by atoms with Gasteiger partial charge in [0.25, 0.3) is 0 Å². The molecular weight excluding hydrogens is 719 g/mol. The maximum Gasteiger partial charge on any atom is 0.165 e. The maximum atomic E-state index is 6.84. The van der Waals surface area contributed by atoms with Gasteiger partial charge in [0.15, 0.2) is 17.5 Å². The summed E-state index contributed by atoms with van der Waals surface area (Å²) in [6, 6.07) is 60.8. The van der Waals surface area contributed by atoms with Gasteiger partial charge in [0, 0.05) is 64.0 Å². The normalized spacial score (nSPS) is 11.9. The van der Waals surface area contributed by atoms with E-state index in [0.717, 1.165) is 92.9 Å². The van der Waals surface area contributed by atoms with Gasteiger partial charge in [0.1, 0.15) is 22.3 Å². The first kappa shape index (κ1) is 31.9. The van der Waals surface area contributed by atoms with Gasteiger partial charge < -0.3 is 8.83 Å². The highest BCUT2D eigenvalue weighted by molar-refractivity contribution is 7.26. The van der Waals surface area contributed by atoms with Crippen LogP contribution in [0.5, 0.6) is 0 Å². The number of para-hydroxylation sites is 2. The number of hydrogen-bond acceptors (Lipinski definition) is 6. The van der Waals surface area contributed by atoms with Crippen molar-refractivity contribution < 1.29 is 8.83 Å². The minimum Gasteiger partial charge on any atom is -0.456 e. The Kier molecular flexibility index (Phi) is 7.03. The van der Waals surface area contributed by atoms with E-state index in [4.69, 9.17) is 23.8 Å². The molecule has 266 valence electrons. The molecule has 4 heterocycles. The predicted molar refractivity (Wildman–Crippen MR) is 234 cm³/mol. The summed E-state index contributed by atoms with van der Waals surface area (Å²) in [6.07, 6.45) is 0. The summed E-state index contributed by atoms with van der Waals surface area (Å²) in [5.41, 5.74) is 10.8. The van der Waals surface area contributed by atoms with Crippen molar-refractivity contribution in [3.05, 3.63) is 176 Å². The van der Waals surface area contributed by atoms with Gasteiger partial charge in [-0.15, -0.1) is 11.3 Å². The average molecular weight is 748 g/mol. The van der Waals surface area contributed by atoms with Gasteiger partial charge in [-0.3, -0.25) is 0 Å². The van der Waals surface area contributed by atoms with Crippen molar-refractivity contribution in [2.75, 3.05) is 0 Å². The zero-order valence-corrected chi connectivity index (χ0v) is 31.1. The Bertz CT molecular complexity index is 3470. The monoisotopic (exact) mass is 747 g/mol. The standard InChI is InChI=1S/C51H29N3O2S/c1-3-13-30(14-4-1)49-52-50(31-15-5-2-6-16-31)54-51(53-49)39-21-11-20-38-45-35(19-12-24-44(45)57-48(38)39)36-27-26-33(46-37-18-8-10-23-42(37)56-47(36)46)32-25-28-43-40(29-32)34-17-7-9-22-41(34)55-43/h1-29H. The minimum absolute atomic E-state index is 0.644.